The van der Waals surface area contributed by atoms with Crippen molar-refractivity contribution in [2.24, 2.45) is 23.7 Å². The van der Waals surface area contributed by atoms with Crippen molar-refractivity contribution in [1.82, 2.24) is 4.90 Å². The number of benzene rings is 1. The number of hydrogen-bond acceptors (Lipinski definition) is 2. The molecule has 7 atom stereocenters. The maximum absolute atomic E-state index is 3.94. The largest absolute Gasteiger partial charge is 0.359 e. The molecular formula is C48H54N2. The number of nitrogens with one attached hydrogen (secondary N) is 1. The molecule has 0 aromatic heterocycles. The third-order valence-corrected chi connectivity index (χ3v) is 14.1. The summed E-state index contributed by atoms with van der Waals surface area (Å²) in [7, 11) is 0. The summed E-state index contributed by atoms with van der Waals surface area (Å²) in [4.78, 5) is 2.91. The van der Waals surface area contributed by atoms with Crippen molar-refractivity contribution in [3.05, 3.63) is 148 Å². The van der Waals surface area contributed by atoms with Crippen LogP contribution < -0.4 is 5.32 Å². The molecule has 0 saturated carbocycles. The Hall–Kier alpha value is -3.78. The van der Waals surface area contributed by atoms with Gasteiger partial charge in [-0.2, -0.15) is 0 Å². The van der Waals surface area contributed by atoms with Gasteiger partial charge in [0.1, 0.15) is 0 Å². The lowest BCUT2D eigenvalue weighted by Crippen LogP contribution is -2.41. The molecule has 9 aliphatic carbocycles. The molecule has 0 fully saturated rings. The normalized spacial score (nSPS) is 34.9. The van der Waals surface area contributed by atoms with Gasteiger partial charge in [-0.3, -0.25) is 0 Å². The molecule has 1 N–H and O–H groups in total. The van der Waals surface area contributed by atoms with E-state index in [-0.39, 0.29) is 5.41 Å². The van der Waals surface area contributed by atoms with E-state index in [1.54, 1.807) is 39.1 Å². The van der Waals surface area contributed by atoms with E-state index in [0.29, 0.717) is 35.6 Å². The van der Waals surface area contributed by atoms with Gasteiger partial charge >= 0.3 is 0 Å². The van der Waals surface area contributed by atoms with Crippen LogP contribution in [0, 0.1) is 23.7 Å². The van der Waals surface area contributed by atoms with Crippen molar-refractivity contribution in [2.75, 3.05) is 5.32 Å². The number of anilines is 1. The highest BCUT2D eigenvalue weighted by Gasteiger charge is 2.60. The molecule has 256 valence electrons. The Morgan fingerprint density at radius 2 is 1.70 bits per heavy atom. The monoisotopic (exact) mass is 658 g/mol. The van der Waals surface area contributed by atoms with Gasteiger partial charge in [-0.25, -0.2) is 0 Å². The first-order valence-electron chi connectivity index (χ1n) is 20.3. The summed E-state index contributed by atoms with van der Waals surface area (Å²) in [5.74, 6) is 2.82. The second-order valence-corrected chi connectivity index (χ2v) is 16.7. The topological polar surface area (TPSA) is 15.3 Å². The van der Waals surface area contributed by atoms with Crippen LogP contribution in [0.4, 0.5) is 5.69 Å². The number of allylic oxidation sites excluding steroid dienone is 16. The van der Waals surface area contributed by atoms with E-state index in [4.69, 9.17) is 0 Å². The molecule has 0 heterocycles. The molecule has 2 heteroatoms. The summed E-state index contributed by atoms with van der Waals surface area (Å²) < 4.78 is 0. The minimum absolute atomic E-state index is 0.000884. The zero-order chi connectivity index (χ0) is 33.2. The highest BCUT2D eigenvalue weighted by molar-refractivity contribution is 5.76. The van der Waals surface area contributed by atoms with Gasteiger partial charge in [-0.05, 0) is 154 Å². The van der Waals surface area contributed by atoms with Gasteiger partial charge in [-0.1, -0.05) is 85.9 Å². The highest BCUT2D eigenvalue weighted by atomic mass is 15.2. The van der Waals surface area contributed by atoms with E-state index < -0.39 is 0 Å². The quantitative estimate of drug-likeness (QED) is 0.317. The fourth-order valence-corrected chi connectivity index (χ4v) is 12.0. The van der Waals surface area contributed by atoms with Crippen LogP contribution in [0.3, 0.4) is 0 Å². The van der Waals surface area contributed by atoms with Gasteiger partial charge in [0.25, 0.3) is 0 Å². The summed E-state index contributed by atoms with van der Waals surface area (Å²) in [6.45, 7) is 2.47. The second kappa shape index (κ2) is 12.5. The lowest BCUT2D eigenvalue weighted by atomic mass is 9.60. The number of hydrogen-bond donors (Lipinski definition) is 1. The van der Waals surface area contributed by atoms with Crippen molar-refractivity contribution < 1.29 is 0 Å². The second-order valence-electron chi connectivity index (χ2n) is 16.7. The SMILES string of the molecule is CC1CC=C[C@@H]2C(N(C3=CCCC4=C3C3=C(CCC=C3)C43c4cc(NC5=CCCCC5)ccc4C4C=CCCC43)C3CC=CCC3)=CC=CC12. The van der Waals surface area contributed by atoms with Crippen LogP contribution in [0.25, 0.3) is 0 Å². The molecule has 1 aromatic rings. The average Bonchev–Trinajstić information content (AvgIpc) is 3.64. The van der Waals surface area contributed by atoms with Crippen LogP contribution in [0.1, 0.15) is 114 Å². The summed E-state index contributed by atoms with van der Waals surface area (Å²) >= 11 is 0. The van der Waals surface area contributed by atoms with E-state index in [1.165, 1.54) is 87.7 Å². The molecule has 9 aliphatic rings. The summed E-state index contributed by atoms with van der Waals surface area (Å²) in [5, 5.41) is 3.94. The van der Waals surface area contributed by atoms with Crippen LogP contribution >= 0.6 is 0 Å². The average molecular weight is 659 g/mol. The molecule has 0 saturated heterocycles. The van der Waals surface area contributed by atoms with Crippen LogP contribution in [-0.4, -0.2) is 10.9 Å². The minimum atomic E-state index is -0.000884. The zero-order valence-electron chi connectivity index (χ0n) is 30.0. The maximum atomic E-state index is 3.94. The first-order valence-corrected chi connectivity index (χ1v) is 20.3. The highest BCUT2D eigenvalue weighted by Crippen LogP contribution is 2.69. The molecule has 0 radical (unpaired) electrons. The Bertz CT molecular complexity index is 1900. The van der Waals surface area contributed by atoms with Crippen LogP contribution in [0.15, 0.2) is 137 Å². The molecule has 2 nitrogen and oxygen atoms in total. The molecule has 10 rings (SSSR count). The first kappa shape index (κ1) is 31.0. The van der Waals surface area contributed by atoms with Gasteiger partial charge in [0.2, 0.25) is 0 Å². The zero-order valence-corrected chi connectivity index (χ0v) is 30.0. The minimum Gasteiger partial charge on any atom is -0.359 e. The Labute approximate surface area is 300 Å². The fourth-order valence-electron chi connectivity index (χ4n) is 12.0. The van der Waals surface area contributed by atoms with E-state index in [9.17, 15) is 0 Å². The molecule has 50 heavy (non-hydrogen) atoms. The Balaban J connectivity index is 1.16. The maximum Gasteiger partial charge on any atom is 0.0450 e. The Kier molecular flexibility index (Phi) is 7.73. The number of nitrogens with zero attached hydrogens (tertiary/aromatic N) is 1. The molecule has 6 unspecified atom stereocenters. The van der Waals surface area contributed by atoms with Crippen molar-refractivity contribution in [3.8, 4) is 0 Å². The van der Waals surface area contributed by atoms with E-state index in [0.717, 1.165) is 19.3 Å². The van der Waals surface area contributed by atoms with Gasteiger partial charge in [0.15, 0.2) is 0 Å². The smallest absolute Gasteiger partial charge is 0.0450 e. The van der Waals surface area contributed by atoms with Crippen molar-refractivity contribution in [1.29, 1.82) is 0 Å². The Morgan fingerprint density at radius 1 is 0.780 bits per heavy atom. The van der Waals surface area contributed by atoms with Crippen molar-refractivity contribution in [2.45, 2.75) is 114 Å². The molecular weight excluding hydrogens is 605 g/mol. The van der Waals surface area contributed by atoms with E-state index in [2.05, 4.69) is 114 Å². The summed E-state index contributed by atoms with van der Waals surface area (Å²) in [5.41, 5.74) is 15.7. The first-order chi connectivity index (χ1) is 24.7. The number of rotatable bonds is 5. The van der Waals surface area contributed by atoms with Gasteiger partial charge < -0.3 is 10.2 Å². The van der Waals surface area contributed by atoms with Crippen molar-refractivity contribution in [3.63, 3.8) is 0 Å². The lowest BCUT2D eigenvalue weighted by molar-refractivity contribution is 0.236. The molecule has 0 aliphatic heterocycles. The van der Waals surface area contributed by atoms with Crippen molar-refractivity contribution >= 4 is 5.69 Å². The predicted molar refractivity (Wildman–Crippen MR) is 208 cm³/mol. The van der Waals surface area contributed by atoms with Crippen LogP contribution in [0.2, 0.25) is 0 Å². The standard InChI is InChI=1S/C48H54N2/c1-32-15-12-23-39-36(32)22-13-27-45(39)50(35-18-6-3-7-19-35)46-28-14-26-43-47(46)40-21-9-11-25-42(40)48(43)41-24-10-8-20-37(41)38-30-29-34(31-44(38)48)49-33-16-4-2-5-17-33/h3,6,8-9,12-13,16,20-23,27-32,35-37,39,41,49H,2,4-5,7,10-11,14-15,17-19,24-26H2,1H3/t32?,35?,36?,37?,39-,41?,48?/m0/s1. The lowest BCUT2D eigenvalue weighted by Gasteiger charge is -2.46. The van der Waals surface area contributed by atoms with E-state index >= 15 is 0 Å². The third-order valence-electron chi connectivity index (χ3n) is 14.1. The molecule has 1 spiro atoms. The van der Waals surface area contributed by atoms with E-state index in [1.807, 2.05) is 0 Å². The molecule has 0 bridgehead atoms. The van der Waals surface area contributed by atoms with Gasteiger partial charge in [0, 0.05) is 51.6 Å². The van der Waals surface area contributed by atoms with Gasteiger partial charge in [-0.15, -0.1) is 0 Å². The van der Waals surface area contributed by atoms with Crippen LogP contribution in [0.5, 0.6) is 0 Å². The van der Waals surface area contributed by atoms with Gasteiger partial charge in [0.05, 0.1) is 0 Å². The molecule has 0 amide bonds. The summed E-state index contributed by atoms with van der Waals surface area (Å²) in [6.07, 6.45) is 49.5. The Morgan fingerprint density at radius 3 is 2.60 bits per heavy atom. The number of fused-ring (bicyclic) bond motifs is 9. The molecule has 1 aromatic carbocycles. The summed E-state index contributed by atoms with van der Waals surface area (Å²) in [6, 6.07) is 8.05. The third kappa shape index (κ3) is 4.65. The van der Waals surface area contributed by atoms with Crippen LogP contribution in [-0.2, 0) is 5.41 Å². The fraction of sp³-hybridized carbons (Fsp3) is 0.458. The predicted octanol–water partition coefficient (Wildman–Crippen LogP) is 12.2.